The minimum Gasteiger partial charge on any atom is -0.366 e. The average molecular weight is 282 g/mol. The second kappa shape index (κ2) is 7.07. The third-order valence-corrected chi connectivity index (χ3v) is 3.91. The average Bonchev–Trinajstić information content (AvgIpc) is 2.55. The Morgan fingerprint density at radius 1 is 1.00 bits per heavy atom. The summed E-state index contributed by atoms with van der Waals surface area (Å²) in [5.41, 5.74) is 1.25. The molecule has 1 fully saturated rings. The summed E-state index contributed by atoms with van der Waals surface area (Å²) in [5, 5.41) is 6.80. The van der Waals surface area contributed by atoms with Crippen molar-refractivity contribution in [2.75, 3.05) is 10.6 Å². The van der Waals surface area contributed by atoms with Crippen LogP contribution < -0.4 is 10.6 Å². The minimum atomic E-state index is 0.531. The van der Waals surface area contributed by atoms with Gasteiger partial charge in [0.05, 0.1) is 0 Å². The highest BCUT2D eigenvalue weighted by Gasteiger charge is 2.13. The molecule has 2 aromatic rings. The van der Waals surface area contributed by atoms with Gasteiger partial charge in [-0.25, -0.2) is 4.98 Å². The third kappa shape index (κ3) is 4.18. The quantitative estimate of drug-likeness (QED) is 0.875. The van der Waals surface area contributed by atoms with E-state index in [0.717, 1.165) is 18.3 Å². The van der Waals surface area contributed by atoms with Crippen molar-refractivity contribution in [2.24, 2.45) is 0 Å². The summed E-state index contributed by atoms with van der Waals surface area (Å²) in [6.45, 7) is 0.778. The van der Waals surface area contributed by atoms with Gasteiger partial charge in [0.25, 0.3) is 0 Å². The first-order valence-corrected chi connectivity index (χ1v) is 7.77. The number of anilines is 2. The predicted octanol–water partition coefficient (Wildman–Crippen LogP) is 3.83. The van der Waals surface area contributed by atoms with Gasteiger partial charge >= 0.3 is 0 Å². The summed E-state index contributed by atoms with van der Waals surface area (Å²) in [5.74, 6) is 1.60. The van der Waals surface area contributed by atoms with Crippen LogP contribution in [0.15, 0.2) is 42.6 Å². The molecule has 3 rings (SSSR count). The first-order chi connectivity index (χ1) is 10.4. The largest absolute Gasteiger partial charge is 0.366 e. The van der Waals surface area contributed by atoms with E-state index in [2.05, 4.69) is 32.7 Å². The fourth-order valence-electron chi connectivity index (χ4n) is 2.74. The Bertz CT molecular complexity index is 550. The maximum absolute atomic E-state index is 4.55. The number of rotatable bonds is 5. The highest BCUT2D eigenvalue weighted by atomic mass is 15.1. The summed E-state index contributed by atoms with van der Waals surface area (Å²) in [4.78, 5) is 8.87. The van der Waals surface area contributed by atoms with Gasteiger partial charge in [0.1, 0.15) is 5.82 Å². The highest BCUT2D eigenvalue weighted by Crippen LogP contribution is 2.20. The lowest BCUT2D eigenvalue weighted by Gasteiger charge is -2.22. The van der Waals surface area contributed by atoms with Crippen molar-refractivity contribution in [3.63, 3.8) is 0 Å². The van der Waals surface area contributed by atoms with E-state index in [1.165, 1.54) is 37.7 Å². The van der Waals surface area contributed by atoms with Crippen molar-refractivity contribution in [1.29, 1.82) is 0 Å². The highest BCUT2D eigenvalue weighted by molar-refractivity contribution is 5.40. The summed E-state index contributed by atoms with van der Waals surface area (Å²) < 4.78 is 0. The summed E-state index contributed by atoms with van der Waals surface area (Å²) in [7, 11) is 0. The molecule has 2 N–H and O–H groups in total. The molecule has 0 spiro atoms. The van der Waals surface area contributed by atoms with E-state index >= 15 is 0 Å². The summed E-state index contributed by atoms with van der Waals surface area (Å²) in [6, 6.07) is 12.8. The van der Waals surface area contributed by atoms with Crippen molar-refractivity contribution in [2.45, 2.75) is 44.7 Å². The van der Waals surface area contributed by atoms with Crippen LogP contribution in [0.1, 0.15) is 37.7 Å². The van der Waals surface area contributed by atoms with Crippen LogP contribution in [0.2, 0.25) is 0 Å². The molecule has 110 valence electrons. The fraction of sp³-hybridized carbons (Fsp3) is 0.412. The normalized spacial score (nSPS) is 15.6. The Hall–Kier alpha value is -2.10. The van der Waals surface area contributed by atoms with Gasteiger partial charge in [0.2, 0.25) is 5.95 Å². The number of nitrogens with one attached hydrogen (secondary N) is 2. The van der Waals surface area contributed by atoms with E-state index in [4.69, 9.17) is 0 Å². The summed E-state index contributed by atoms with van der Waals surface area (Å²) >= 11 is 0. The van der Waals surface area contributed by atoms with Gasteiger partial charge in [-0.1, -0.05) is 49.6 Å². The van der Waals surface area contributed by atoms with Crippen LogP contribution in [0, 0.1) is 0 Å². The van der Waals surface area contributed by atoms with Gasteiger partial charge in [-0.3, -0.25) is 0 Å². The molecule has 4 heteroatoms. The van der Waals surface area contributed by atoms with Crippen LogP contribution in [0.4, 0.5) is 11.8 Å². The Labute approximate surface area is 126 Å². The molecule has 0 aliphatic heterocycles. The van der Waals surface area contributed by atoms with Crippen LogP contribution in [-0.2, 0) is 6.54 Å². The molecule has 1 aliphatic carbocycles. The van der Waals surface area contributed by atoms with E-state index in [0.29, 0.717) is 6.04 Å². The SMILES string of the molecule is c1ccc(CNc2ccnc(NC3CCCCC3)n2)cc1. The molecule has 4 nitrogen and oxygen atoms in total. The van der Waals surface area contributed by atoms with E-state index in [-0.39, 0.29) is 0 Å². The molecule has 0 atom stereocenters. The number of nitrogens with zero attached hydrogens (tertiary/aromatic N) is 2. The number of aromatic nitrogens is 2. The van der Waals surface area contributed by atoms with Crippen LogP contribution in [0.3, 0.4) is 0 Å². The standard InChI is InChI=1S/C17H22N4/c1-3-7-14(8-4-1)13-19-16-11-12-18-17(21-16)20-15-9-5-2-6-10-15/h1,3-4,7-8,11-12,15H,2,5-6,9-10,13H2,(H2,18,19,20,21). The van der Waals surface area contributed by atoms with Crippen molar-refractivity contribution >= 4 is 11.8 Å². The maximum atomic E-state index is 4.55. The molecule has 1 heterocycles. The van der Waals surface area contributed by atoms with Crippen molar-refractivity contribution < 1.29 is 0 Å². The monoisotopic (exact) mass is 282 g/mol. The van der Waals surface area contributed by atoms with E-state index < -0.39 is 0 Å². The van der Waals surface area contributed by atoms with Gasteiger partial charge in [-0.2, -0.15) is 4.98 Å². The van der Waals surface area contributed by atoms with Gasteiger partial charge in [0, 0.05) is 18.8 Å². The Morgan fingerprint density at radius 3 is 2.62 bits per heavy atom. The van der Waals surface area contributed by atoms with Gasteiger partial charge in [-0.05, 0) is 24.5 Å². The molecule has 1 aromatic carbocycles. The lowest BCUT2D eigenvalue weighted by atomic mass is 9.96. The molecule has 1 aliphatic rings. The molecule has 1 saturated carbocycles. The fourth-order valence-corrected chi connectivity index (χ4v) is 2.74. The van der Waals surface area contributed by atoms with Crippen LogP contribution in [-0.4, -0.2) is 16.0 Å². The first-order valence-electron chi connectivity index (χ1n) is 7.77. The molecule has 0 saturated heterocycles. The Morgan fingerprint density at radius 2 is 1.81 bits per heavy atom. The van der Waals surface area contributed by atoms with Crippen molar-refractivity contribution in [3.8, 4) is 0 Å². The summed E-state index contributed by atoms with van der Waals surface area (Å²) in [6.07, 6.45) is 8.24. The van der Waals surface area contributed by atoms with Gasteiger partial charge in [-0.15, -0.1) is 0 Å². The van der Waals surface area contributed by atoms with E-state index in [9.17, 15) is 0 Å². The van der Waals surface area contributed by atoms with Crippen LogP contribution in [0.25, 0.3) is 0 Å². The van der Waals surface area contributed by atoms with Gasteiger partial charge < -0.3 is 10.6 Å². The van der Waals surface area contributed by atoms with Crippen LogP contribution >= 0.6 is 0 Å². The Balaban J connectivity index is 1.57. The Kier molecular flexibility index (Phi) is 4.66. The van der Waals surface area contributed by atoms with E-state index in [1.54, 1.807) is 0 Å². The minimum absolute atomic E-state index is 0.531. The first kappa shape index (κ1) is 13.9. The number of hydrogen-bond donors (Lipinski definition) is 2. The lowest BCUT2D eigenvalue weighted by molar-refractivity contribution is 0.461. The van der Waals surface area contributed by atoms with Crippen molar-refractivity contribution in [1.82, 2.24) is 9.97 Å². The second-order valence-electron chi connectivity index (χ2n) is 5.58. The third-order valence-electron chi connectivity index (χ3n) is 3.91. The number of benzene rings is 1. The zero-order chi connectivity index (χ0) is 14.3. The van der Waals surface area contributed by atoms with Gasteiger partial charge in [0.15, 0.2) is 0 Å². The molecular formula is C17H22N4. The molecule has 0 unspecified atom stereocenters. The molecule has 1 aromatic heterocycles. The topological polar surface area (TPSA) is 49.8 Å². The van der Waals surface area contributed by atoms with Crippen molar-refractivity contribution in [3.05, 3.63) is 48.2 Å². The predicted molar refractivity (Wildman–Crippen MR) is 86.3 cm³/mol. The molecular weight excluding hydrogens is 260 g/mol. The molecule has 0 amide bonds. The maximum Gasteiger partial charge on any atom is 0.224 e. The lowest BCUT2D eigenvalue weighted by Crippen LogP contribution is -2.23. The molecule has 21 heavy (non-hydrogen) atoms. The zero-order valence-electron chi connectivity index (χ0n) is 12.3. The van der Waals surface area contributed by atoms with E-state index in [1.807, 2.05) is 30.5 Å². The smallest absolute Gasteiger partial charge is 0.224 e. The molecule has 0 bridgehead atoms. The zero-order valence-corrected chi connectivity index (χ0v) is 12.3. The molecule has 0 radical (unpaired) electrons. The second-order valence-corrected chi connectivity index (χ2v) is 5.58. The van der Waals surface area contributed by atoms with Crippen LogP contribution in [0.5, 0.6) is 0 Å². The number of hydrogen-bond acceptors (Lipinski definition) is 4.